The van der Waals surface area contributed by atoms with E-state index in [-0.39, 0.29) is 11.9 Å². The number of carbonyl (C=O) groups excluding carboxylic acids is 1. The Morgan fingerprint density at radius 3 is 2.94 bits per heavy atom. The average Bonchev–Trinajstić information content (AvgIpc) is 2.54. The highest BCUT2D eigenvalue weighted by molar-refractivity contribution is 5.77. The first-order chi connectivity index (χ1) is 8.16. The Balaban J connectivity index is 2.08. The van der Waals surface area contributed by atoms with Crippen LogP contribution in [0.25, 0.3) is 0 Å². The van der Waals surface area contributed by atoms with Gasteiger partial charge in [-0.3, -0.25) is 4.79 Å². The lowest BCUT2D eigenvalue weighted by Gasteiger charge is -2.20. The highest BCUT2D eigenvalue weighted by atomic mass is 16.1. The van der Waals surface area contributed by atoms with Gasteiger partial charge in [0, 0.05) is 38.3 Å². The molecule has 1 aliphatic rings. The molecule has 5 heteroatoms. The molecule has 1 aromatic heterocycles. The second-order valence-electron chi connectivity index (χ2n) is 4.33. The lowest BCUT2D eigenvalue weighted by Crippen LogP contribution is -2.29. The summed E-state index contributed by atoms with van der Waals surface area (Å²) in [6.07, 6.45) is 2.33. The van der Waals surface area contributed by atoms with Crippen LogP contribution in [-0.2, 0) is 4.79 Å². The molecule has 0 aliphatic carbocycles. The summed E-state index contributed by atoms with van der Waals surface area (Å²) < 4.78 is 0. The van der Waals surface area contributed by atoms with Crippen LogP contribution in [0.1, 0.15) is 24.9 Å². The van der Waals surface area contributed by atoms with E-state index in [1.807, 2.05) is 19.1 Å². The predicted molar refractivity (Wildman–Crippen MR) is 66.7 cm³/mol. The van der Waals surface area contributed by atoms with Gasteiger partial charge in [-0.25, -0.2) is 4.98 Å². The molecule has 2 heterocycles. The minimum absolute atomic E-state index is 0.00364. The Labute approximate surface area is 101 Å². The number of nitrogens with two attached hydrogens (primary N) is 1. The first kappa shape index (κ1) is 11.9. The van der Waals surface area contributed by atoms with Crippen LogP contribution in [-0.4, -0.2) is 30.5 Å². The summed E-state index contributed by atoms with van der Waals surface area (Å²) >= 11 is 0. The van der Waals surface area contributed by atoms with Crippen molar-refractivity contribution in [3.63, 3.8) is 0 Å². The third-order valence-electron chi connectivity index (χ3n) is 2.93. The molecule has 92 valence electrons. The van der Waals surface area contributed by atoms with Crippen molar-refractivity contribution >= 4 is 11.7 Å². The lowest BCUT2D eigenvalue weighted by atomic mass is 10.1. The van der Waals surface area contributed by atoms with Gasteiger partial charge in [-0.1, -0.05) is 6.07 Å². The van der Waals surface area contributed by atoms with Crippen molar-refractivity contribution in [2.24, 2.45) is 5.73 Å². The third-order valence-corrected chi connectivity index (χ3v) is 2.93. The van der Waals surface area contributed by atoms with Crippen molar-refractivity contribution in [3.8, 4) is 0 Å². The number of nitrogens with one attached hydrogen (secondary N) is 1. The Morgan fingerprint density at radius 1 is 1.47 bits per heavy atom. The van der Waals surface area contributed by atoms with Gasteiger partial charge in [0.25, 0.3) is 0 Å². The summed E-state index contributed by atoms with van der Waals surface area (Å²) in [5.41, 5.74) is 6.80. The number of aromatic nitrogens is 1. The number of hydrogen-bond acceptors (Lipinski definition) is 4. The van der Waals surface area contributed by atoms with Gasteiger partial charge in [-0.05, 0) is 18.6 Å². The fourth-order valence-corrected chi connectivity index (χ4v) is 1.85. The molecule has 1 amide bonds. The lowest BCUT2D eigenvalue weighted by molar-refractivity contribution is -0.120. The second kappa shape index (κ2) is 5.14. The zero-order valence-electron chi connectivity index (χ0n) is 10.0. The first-order valence-corrected chi connectivity index (χ1v) is 5.90. The zero-order chi connectivity index (χ0) is 12.3. The van der Waals surface area contributed by atoms with Gasteiger partial charge in [-0.2, -0.15) is 0 Å². The molecule has 3 N–H and O–H groups in total. The first-order valence-electron chi connectivity index (χ1n) is 5.90. The molecule has 2 rings (SSSR count). The molecule has 17 heavy (non-hydrogen) atoms. The van der Waals surface area contributed by atoms with Crippen LogP contribution in [0, 0.1) is 0 Å². The summed E-state index contributed by atoms with van der Waals surface area (Å²) in [6, 6.07) is 3.96. The Bertz CT molecular complexity index is 388. The predicted octanol–water partition coefficient (Wildman–Crippen LogP) is 0.428. The summed E-state index contributed by atoms with van der Waals surface area (Å²) in [7, 11) is 0. The maximum absolute atomic E-state index is 11.2. The van der Waals surface area contributed by atoms with Crippen LogP contribution >= 0.6 is 0 Å². The van der Waals surface area contributed by atoms with Crippen molar-refractivity contribution in [1.82, 2.24) is 10.3 Å². The van der Waals surface area contributed by atoms with Crippen LogP contribution < -0.4 is 16.0 Å². The summed E-state index contributed by atoms with van der Waals surface area (Å²) in [4.78, 5) is 17.7. The molecular formula is C12H18N4O. The Hall–Kier alpha value is -1.62. The monoisotopic (exact) mass is 234 g/mol. The largest absolute Gasteiger partial charge is 0.354 e. The van der Waals surface area contributed by atoms with Gasteiger partial charge in [0.2, 0.25) is 5.91 Å². The summed E-state index contributed by atoms with van der Waals surface area (Å²) in [5.74, 6) is 1.02. The van der Waals surface area contributed by atoms with Crippen LogP contribution in [0.5, 0.6) is 0 Å². The van der Waals surface area contributed by atoms with Gasteiger partial charge >= 0.3 is 0 Å². The third kappa shape index (κ3) is 2.94. The second-order valence-corrected chi connectivity index (χ2v) is 4.33. The SMILES string of the molecule is C[C@@H](N)c1ccc(N2CCNC(=O)CC2)nc1. The molecular weight excluding hydrogens is 216 g/mol. The highest BCUT2D eigenvalue weighted by Gasteiger charge is 2.14. The molecule has 0 bridgehead atoms. The molecule has 5 nitrogen and oxygen atoms in total. The van der Waals surface area contributed by atoms with Crippen LogP contribution in [0.2, 0.25) is 0 Å². The molecule has 0 spiro atoms. The molecule has 1 aromatic rings. The minimum atomic E-state index is 0.00364. The minimum Gasteiger partial charge on any atom is -0.354 e. The molecule has 0 unspecified atom stereocenters. The molecule has 1 aliphatic heterocycles. The van der Waals surface area contributed by atoms with E-state index >= 15 is 0 Å². The van der Waals surface area contributed by atoms with Crippen molar-refractivity contribution in [2.75, 3.05) is 24.5 Å². The van der Waals surface area contributed by atoms with Gasteiger partial charge in [0.05, 0.1) is 0 Å². The van der Waals surface area contributed by atoms with Crippen molar-refractivity contribution < 1.29 is 4.79 Å². The van der Waals surface area contributed by atoms with E-state index < -0.39 is 0 Å². The number of hydrogen-bond donors (Lipinski definition) is 2. The van der Waals surface area contributed by atoms with Crippen molar-refractivity contribution in [1.29, 1.82) is 0 Å². The molecule has 1 saturated heterocycles. The van der Waals surface area contributed by atoms with E-state index in [9.17, 15) is 4.79 Å². The van der Waals surface area contributed by atoms with Gasteiger partial charge < -0.3 is 16.0 Å². The van der Waals surface area contributed by atoms with Gasteiger partial charge in [0.15, 0.2) is 0 Å². The molecule has 0 saturated carbocycles. The molecule has 0 aromatic carbocycles. The van der Waals surface area contributed by atoms with E-state index in [1.54, 1.807) is 6.20 Å². The van der Waals surface area contributed by atoms with Crippen molar-refractivity contribution in [2.45, 2.75) is 19.4 Å². The fourth-order valence-electron chi connectivity index (χ4n) is 1.85. The zero-order valence-corrected chi connectivity index (χ0v) is 10.0. The topological polar surface area (TPSA) is 71.2 Å². The van der Waals surface area contributed by atoms with Crippen LogP contribution in [0.3, 0.4) is 0 Å². The van der Waals surface area contributed by atoms with E-state index in [0.29, 0.717) is 13.0 Å². The van der Waals surface area contributed by atoms with E-state index in [2.05, 4.69) is 15.2 Å². The molecule has 1 atom stereocenters. The number of nitrogens with zero attached hydrogens (tertiary/aromatic N) is 2. The maximum Gasteiger partial charge on any atom is 0.221 e. The Morgan fingerprint density at radius 2 is 2.29 bits per heavy atom. The summed E-state index contributed by atoms with van der Waals surface area (Å²) in [6.45, 7) is 4.13. The highest BCUT2D eigenvalue weighted by Crippen LogP contribution is 2.15. The van der Waals surface area contributed by atoms with Crippen LogP contribution in [0.15, 0.2) is 18.3 Å². The smallest absolute Gasteiger partial charge is 0.221 e. The fraction of sp³-hybridized carbons (Fsp3) is 0.500. The molecule has 0 radical (unpaired) electrons. The van der Waals surface area contributed by atoms with E-state index in [1.165, 1.54) is 0 Å². The number of rotatable bonds is 2. The van der Waals surface area contributed by atoms with E-state index in [4.69, 9.17) is 5.73 Å². The number of pyridine rings is 1. The van der Waals surface area contributed by atoms with E-state index in [0.717, 1.165) is 24.5 Å². The molecule has 1 fully saturated rings. The summed E-state index contributed by atoms with van der Waals surface area (Å²) in [5, 5.41) is 2.85. The standard InChI is InChI=1S/C12H18N4O/c1-9(13)10-2-3-11(15-8-10)16-6-4-12(17)14-5-7-16/h2-3,8-9H,4-7,13H2,1H3,(H,14,17)/t9-/m1/s1. The normalized spacial score (nSPS) is 18.5. The average molecular weight is 234 g/mol. The van der Waals surface area contributed by atoms with Crippen LogP contribution in [0.4, 0.5) is 5.82 Å². The number of amides is 1. The number of anilines is 1. The van der Waals surface area contributed by atoms with Gasteiger partial charge in [-0.15, -0.1) is 0 Å². The maximum atomic E-state index is 11.2. The quantitative estimate of drug-likeness (QED) is 0.778. The number of carbonyl (C=O) groups is 1. The van der Waals surface area contributed by atoms with Crippen molar-refractivity contribution in [3.05, 3.63) is 23.9 Å². The van der Waals surface area contributed by atoms with Gasteiger partial charge in [0.1, 0.15) is 5.82 Å². The Kier molecular flexibility index (Phi) is 3.58.